The predicted molar refractivity (Wildman–Crippen MR) is 138 cm³/mol. The number of hydrogen-bond acceptors (Lipinski definition) is 5. The first-order chi connectivity index (χ1) is 16.2. The average Bonchev–Trinajstić information content (AvgIpc) is 3.22. The fraction of sp³-hybridized carbons (Fsp3) is 0.370. The van der Waals surface area contributed by atoms with Gasteiger partial charge in [0.05, 0.1) is 19.7 Å². The third kappa shape index (κ3) is 4.57. The Kier molecular flexibility index (Phi) is 6.76. The van der Waals surface area contributed by atoms with Gasteiger partial charge in [-0.1, -0.05) is 24.3 Å². The van der Waals surface area contributed by atoms with E-state index in [9.17, 15) is 4.79 Å². The summed E-state index contributed by atoms with van der Waals surface area (Å²) in [7, 11) is 1.73. The van der Waals surface area contributed by atoms with Gasteiger partial charge in [0.2, 0.25) is 5.91 Å². The first-order valence-electron chi connectivity index (χ1n) is 11.6. The quantitative estimate of drug-likeness (QED) is 0.445. The van der Waals surface area contributed by atoms with Gasteiger partial charge in [0.25, 0.3) is 0 Å². The highest BCUT2D eigenvalue weighted by atomic mass is 32.2. The van der Waals surface area contributed by atoms with Gasteiger partial charge in [-0.2, -0.15) is 0 Å². The summed E-state index contributed by atoms with van der Waals surface area (Å²) in [6, 6.07) is 16.4. The Morgan fingerprint density at radius 2 is 1.97 bits per heavy atom. The number of ether oxygens (including phenoxy) is 1. The van der Waals surface area contributed by atoms with Crippen molar-refractivity contribution in [3.8, 4) is 5.75 Å². The number of para-hydroxylation sites is 1. The number of nitrogens with one attached hydrogen (secondary N) is 1. The highest BCUT2D eigenvalue weighted by Gasteiger charge is 2.36. The summed E-state index contributed by atoms with van der Waals surface area (Å²) in [5, 5.41) is 3.12. The number of thiophene rings is 1. The molecule has 0 radical (unpaired) electrons. The van der Waals surface area contributed by atoms with E-state index in [0.29, 0.717) is 6.54 Å². The van der Waals surface area contributed by atoms with E-state index in [1.807, 2.05) is 47.9 Å². The fourth-order valence-corrected chi connectivity index (χ4v) is 7.24. The zero-order valence-electron chi connectivity index (χ0n) is 19.2. The van der Waals surface area contributed by atoms with E-state index in [2.05, 4.69) is 28.4 Å². The smallest absolute Gasteiger partial charge is 0.238 e. The lowest BCUT2D eigenvalue weighted by Crippen LogP contribution is -2.40. The molecule has 1 amide bonds. The molecular weight excluding hydrogens is 448 g/mol. The van der Waals surface area contributed by atoms with Crippen LogP contribution in [0.1, 0.15) is 45.3 Å². The van der Waals surface area contributed by atoms with Crippen molar-refractivity contribution < 1.29 is 9.53 Å². The molecule has 4 nitrogen and oxygen atoms in total. The van der Waals surface area contributed by atoms with E-state index in [-0.39, 0.29) is 11.9 Å². The van der Waals surface area contributed by atoms with Crippen LogP contribution < -0.4 is 10.1 Å². The normalized spacial score (nSPS) is 17.8. The molecule has 33 heavy (non-hydrogen) atoms. The number of benzene rings is 2. The van der Waals surface area contributed by atoms with Crippen LogP contribution in [0.15, 0.2) is 53.4 Å². The maximum absolute atomic E-state index is 13.1. The first kappa shape index (κ1) is 22.5. The number of anilines is 1. The van der Waals surface area contributed by atoms with E-state index in [0.717, 1.165) is 34.9 Å². The minimum atomic E-state index is 0.0259. The zero-order valence-corrected chi connectivity index (χ0v) is 20.9. The average molecular weight is 479 g/mol. The largest absolute Gasteiger partial charge is 0.496 e. The second-order valence-electron chi connectivity index (χ2n) is 8.70. The Balaban J connectivity index is 1.47. The van der Waals surface area contributed by atoms with E-state index in [1.165, 1.54) is 36.1 Å². The van der Waals surface area contributed by atoms with Crippen molar-refractivity contribution in [3.05, 3.63) is 75.0 Å². The summed E-state index contributed by atoms with van der Waals surface area (Å²) in [6.45, 7) is 1.23. The van der Waals surface area contributed by atoms with Gasteiger partial charge in [0, 0.05) is 32.4 Å². The number of thioether (sulfide) groups is 1. The standard InChI is InChI=1S/C27H30N2O2S2/c1-31-23-12-5-3-11-22(23)26-27-21(20-10-4-6-13-24(20)33-27)14-15-29(26)17-25(30)28-18-8-7-9-19(16-18)32-2/h3,5,7-9,11-12,16,26H,4,6,10,13-15,17H2,1-2H3,(H,28,30)/t26-/m1/s1. The Morgan fingerprint density at radius 3 is 2.82 bits per heavy atom. The first-order valence-corrected chi connectivity index (χ1v) is 13.7. The molecule has 1 aliphatic carbocycles. The summed E-state index contributed by atoms with van der Waals surface area (Å²) in [5.74, 6) is 0.915. The van der Waals surface area contributed by atoms with Gasteiger partial charge < -0.3 is 10.1 Å². The molecule has 2 aromatic carbocycles. The molecule has 172 valence electrons. The second kappa shape index (κ2) is 9.92. The van der Waals surface area contributed by atoms with Gasteiger partial charge in [-0.25, -0.2) is 0 Å². The lowest BCUT2D eigenvalue weighted by atomic mass is 9.88. The summed E-state index contributed by atoms with van der Waals surface area (Å²) in [4.78, 5) is 19.6. The number of amides is 1. The topological polar surface area (TPSA) is 41.6 Å². The van der Waals surface area contributed by atoms with Gasteiger partial charge in [-0.15, -0.1) is 23.1 Å². The summed E-state index contributed by atoms with van der Waals surface area (Å²) >= 11 is 3.65. The van der Waals surface area contributed by atoms with Crippen LogP contribution in [0, 0.1) is 0 Å². The van der Waals surface area contributed by atoms with Crippen LogP contribution in [-0.4, -0.2) is 37.3 Å². The van der Waals surface area contributed by atoms with Crippen molar-refractivity contribution in [2.24, 2.45) is 0 Å². The highest BCUT2D eigenvalue weighted by Crippen LogP contribution is 2.46. The third-order valence-electron chi connectivity index (χ3n) is 6.71. The van der Waals surface area contributed by atoms with Crippen LogP contribution in [0.25, 0.3) is 0 Å². The molecule has 6 heteroatoms. The van der Waals surface area contributed by atoms with Gasteiger partial charge in [0.1, 0.15) is 5.75 Å². The number of carbonyl (C=O) groups is 1. The number of rotatable bonds is 6. The van der Waals surface area contributed by atoms with Crippen LogP contribution in [0.3, 0.4) is 0 Å². The maximum atomic E-state index is 13.1. The zero-order chi connectivity index (χ0) is 22.8. The molecule has 2 heterocycles. The van der Waals surface area contributed by atoms with Crippen molar-refractivity contribution in [1.29, 1.82) is 0 Å². The molecule has 0 saturated carbocycles. The lowest BCUT2D eigenvalue weighted by molar-refractivity contribution is -0.117. The van der Waals surface area contributed by atoms with E-state index in [4.69, 9.17) is 4.74 Å². The van der Waals surface area contributed by atoms with Crippen LogP contribution in [0.4, 0.5) is 5.69 Å². The molecule has 0 spiro atoms. The van der Waals surface area contributed by atoms with Crippen LogP contribution in [0.5, 0.6) is 5.75 Å². The van der Waals surface area contributed by atoms with Gasteiger partial charge in [-0.3, -0.25) is 9.69 Å². The van der Waals surface area contributed by atoms with Gasteiger partial charge in [0.15, 0.2) is 0 Å². The van der Waals surface area contributed by atoms with E-state index in [1.54, 1.807) is 29.3 Å². The number of aryl methyl sites for hydroxylation is 1. The molecule has 2 aliphatic rings. The summed E-state index contributed by atoms with van der Waals surface area (Å²) in [5.41, 5.74) is 5.13. The number of hydrogen-bond donors (Lipinski definition) is 1. The molecule has 0 saturated heterocycles. The molecular formula is C27H30N2O2S2. The van der Waals surface area contributed by atoms with Crippen LogP contribution >= 0.6 is 23.1 Å². The molecule has 3 aromatic rings. The highest BCUT2D eigenvalue weighted by molar-refractivity contribution is 7.98. The molecule has 0 unspecified atom stereocenters. The summed E-state index contributed by atoms with van der Waals surface area (Å²) in [6.07, 6.45) is 8.03. The Hall–Kier alpha value is -2.28. The monoisotopic (exact) mass is 478 g/mol. The maximum Gasteiger partial charge on any atom is 0.238 e. The molecule has 0 fully saturated rings. The lowest BCUT2D eigenvalue weighted by Gasteiger charge is -2.36. The van der Waals surface area contributed by atoms with E-state index < -0.39 is 0 Å². The minimum Gasteiger partial charge on any atom is -0.496 e. The molecule has 1 atom stereocenters. The van der Waals surface area contributed by atoms with Crippen molar-refractivity contribution in [3.63, 3.8) is 0 Å². The molecule has 5 rings (SSSR count). The van der Waals surface area contributed by atoms with Crippen LogP contribution in [0.2, 0.25) is 0 Å². The molecule has 0 bridgehead atoms. The van der Waals surface area contributed by atoms with E-state index >= 15 is 0 Å². The van der Waals surface area contributed by atoms with Crippen molar-refractivity contribution in [2.75, 3.05) is 31.8 Å². The SMILES string of the molecule is COc1ccccc1[C@@H]1c2sc3c(c2CCN1CC(=O)Nc1cccc(SC)c1)CCCC3. The van der Waals surface area contributed by atoms with Crippen molar-refractivity contribution in [1.82, 2.24) is 4.90 Å². The number of methoxy groups -OCH3 is 1. The Morgan fingerprint density at radius 1 is 1.12 bits per heavy atom. The molecule has 1 aliphatic heterocycles. The summed E-state index contributed by atoms with van der Waals surface area (Å²) < 4.78 is 5.77. The van der Waals surface area contributed by atoms with Gasteiger partial charge >= 0.3 is 0 Å². The van der Waals surface area contributed by atoms with Crippen molar-refractivity contribution >= 4 is 34.7 Å². The number of carbonyl (C=O) groups excluding carboxylic acids is 1. The van der Waals surface area contributed by atoms with Gasteiger partial charge in [-0.05, 0) is 73.8 Å². The molecule has 1 N–H and O–H groups in total. The minimum absolute atomic E-state index is 0.0259. The number of nitrogens with zero attached hydrogens (tertiary/aromatic N) is 1. The Labute approximate surface area is 204 Å². The van der Waals surface area contributed by atoms with Crippen LogP contribution in [-0.2, 0) is 24.1 Å². The number of fused-ring (bicyclic) bond motifs is 3. The molecule has 1 aromatic heterocycles. The van der Waals surface area contributed by atoms with Crippen molar-refractivity contribution in [2.45, 2.75) is 43.0 Å². The Bertz CT molecular complexity index is 1160. The predicted octanol–water partition coefficient (Wildman–Crippen LogP) is 5.94. The second-order valence-corrected chi connectivity index (χ2v) is 10.7. The third-order valence-corrected chi connectivity index (χ3v) is 8.82. The fourth-order valence-electron chi connectivity index (χ4n) is 5.18.